The SMILES string of the molecule is C=CCc1cccc[n+]1Cc1ccccc1. The number of benzene rings is 1. The molecule has 1 nitrogen and oxygen atoms in total. The molecule has 16 heavy (non-hydrogen) atoms. The number of aromatic nitrogens is 1. The van der Waals surface area contributed by atoms with Gasteiger partial charge in [0.05, 0.1) is 6.42 Å². The first-order chi connectivity index (χ1) is 7.90. The molecule has 0 saturated heterocycles. The summed E-state index contributed by atoms with van der Waals surface area (Å²) in [7, 11) is 0. The fourth-order valence-corrected chi connectivity index (χ4v) is 1.78. The van der Waals surface area contributed by atoms with Crippen LogP contribution >= 0.6 is 0 Å². The van der Waals surface area contributed by atoms with E-state index in [4.69, 9.17) is 0 Å². The largest absolute Gasteiger partial charge is 0.198 e. The van der Waals surface area contributed by atoms with Gasteiger partial charge >= 0.3 is 0 Å². The minimum absolute atomic E-state index is 0.910. The average Bonchev–Trinajstić information content (AvgIpc) is 2.33. The van der Waals surface area contributed by atoms with Gasteiger partial charge in [-0.05, 0) is 0 Å². The minimum atomic E-state index is 0.910. The Morgan fingerprint density at radius 2 is 1.75 bits per heavy atom. The van der Waals surface area contributed by atoms with Crippen LogP contribution in [0.3, 0.4) is 0 Å². The van der Waals surface area contributed by atoms with Crippen molar-refractivity contribution in [2.24, 2.45) is 0 Å². The van der Waals surface area contributed by atoms with Crippen LogP contribution in [-0.2, 0) is 13.0 Å². The molecular weight excluding hydrogens is 194 g/mol. The summed E-state index contributed by atoms with van der Waals surface area (Å²) in [6.45, 7) is 4.71. The van der Waals surface area contributed by atoms with Gasteiger partial charge in [0, 0.05) is 17.7 Å². The Morgan fingerprint density at radius 3 is 2.50 bits per heavy atom. The van der Waals surface area contributed by atoms with Crippen molar-refractivity contribution in [3.63, 3.8) is 0 Å². The Balaban J connectivity index is 2.24. The molecule has 0 saturated carbocycles. The van der Waals surface area contributed by atoms with Crippen LogP contribution in [0.2, 0.25) is 0 Å². The van der Waals surface area contributed by atoms with E-state index in [0.29, 0.717) is 0 Å². The van der Waals surface area contributed by atoms with Crippen molar-refractivity contribution in [1.82, 2.24) is 0 Å². The van der Waals surface area contributed by atoms with Crippen molar-refractivity contribution in [1.29, 1.82) is 0 Å². The quantitative estimate of drug-likeness (QED) is 0.539. The van der Waals surface area contributed by atoms with Gasteiger partial charge in [0.2, 0.25) is 0 Å². The van der Waals surface area contributed by atoms with Crippen molar-refractivity contribution in [3.8, 4) is 0 Å². The van der Waals surface area contributed by atoms with Crippen molar-refractivity contribution < 1.29 is 4.57 Å². The maximum atomic E-state index is 3.79. The molecule has 0 radical (unpaired) electrons. The Hall–Kier alpha value is -1.89. The second kappa shape index (κ2) is 5.26. The molecule has 80 valence electrons. The van der Waals surface area contributed by atoms with Crippen LogP contribution in [0.4, 0.5) is 0 Å². The summed E-state index contributed by atoms with van der Waals surface area (Å²) in [5.41, 5.74) is 2.62. The van der Waals surface area contributed by atoms with E-state index < -0.39 is 0 Å². The van der Waals surface area contributed by atoms with Gasteiger partial charge in [-0.3, -0.25) is 0 Å². The highest BCUT2D eigenvalue weighted by molar-refractivity contribution is 5.13. The van der Waals surface area contributed by atoms with Crippen molar-refractivity contribution in [2.75, 3.05) is 0 Å². The van der Waals surface area contributed by atoms with Crippen LogP contribution in [0, 0.1) is 0 Å². The molecule has 0 fully saturated rings. The molecule has 0 bridgehead atoms. The summed E-state index contributed by atoms with van der Waals surface area (Å²) < 4.78 is 2.26. The summed E-state index contributed by atoms with van der Waals surface area (Å²) >= 11 is 0. The van der Waals surface area contributed by atoms with Gasteiger partial charge in [-0.2, -0.15) is 4.57 Å². The summed E-state index contributed by atoms with van der Waals surface area (Å²) in [5, 5.41) is 0. The predicted molar refractivity (Wildman–Crippen MR) is 66.1 cm³/mol. The second-order valence-corrected chi connectivity index (χ2v) is 3.80. The summed E-state index contributed by atoms with van der Waals surface area (Å²) in [6.07, 6.45) is 4.97. The maximum absolute atomic E-state index is 3.79. The van der Waals surface area contributed by atoms with E-state index in [9.17, 15) is 0 Å². The van der Waals surface area contributed by atoms with Crippen LogP contribution in [0.25, 0.3) is 0 Å². The molecule has 0 spiro atoms. The van der Waals surface area contributed by atoms with E-state index in [0.717, 1.165) is 13.0 Å². The van der Waals surface area contributed by atoms with Crippen LogP contribution in [0.15, 0.2) is 67.4 Å². The van der Waals surface area contributed by atoms with Crippen LogP contribution in [0.1, 0.15) is 11.3 Å². The van der Waals surface area contributed by atoms with Gasteiger partial charge in [0.1, 0.15) is 0 Å². The lowest BCUT2D eigenvalue weighted by Crippen LogP contribution is -2.38. The van der Waals surface area contributed by atoms with E-state index in [1.54, 1.807) is 0 Å². The van der Waals surface area contributed by atoms with E-state index in [1.807, 2.05) is 12.1 Å². The van der Waals surface area contributed by atoms with Gasteiger partial charge in [-0.25, -0.2) is 0 Å². The monoisotopic (exact) mass is 210 g/mol. The molecule has 2 rings (SSSR count). The first kappa shape index (κ1) is 10.6. The fourth-order valence-electron chi connectivity index (χ4n) is 1.78. The normalized spacial score (nSPS) is 10.0. The molecule has 1 heterocycles. The molecule has 1 aromatic heterocycles. The highest BCUT2D eigenvalue weighted by atomic mass is 14.9. The van der Waals surface area contributed by atoms with Crippen molar-refractivity contribution in [2.45, 2.75) is 13.0 Å². The predicted octanol–water partition coefficient (Wildman–Crippen LogP) is 2.75. The molecule has 0 aliphatic carbocycles. The highest BCUT2D eigenvalue weighted by Crippen LogP contribution is 2.00. The van der Waals surface area contributed by atoms with Crippen LogP contribution < -0.4 is 4.57 Å². The topological polar surface area (TPSA) is 3.88 Å². The zero-order valence-corrected chi connectivity index (χ0v) is 9.34. The summed E-state index contributed by atoms with van der Waals surface area (Å²) in [6, 6.07) is 16.8. The zero-order chi connectivity index (χ0) is 11.2. The lowest BCUT2D eigenvalue weighted by Gasteiger charge is -2.01. The zero-order valence-electron chi connectivity index (χ0n) is 9.34. The molecule has 0 aliphatic rings. The lowest BCUT2D eigenvalue weighted by molar-refractivity contribution is -0.695. The van der Waals surface area contributed by atoms with Crippen molar-refractivity contribution >= 4 is 0 Å². The Bertz CT molecular complexity index is 460. The van der Waals surface area contributed by atoms with Gasteiger partial charge in [-0.15, -0.1) is 6.58 Å². The van der Waals surface area contributed by atoms with Crippen molar-refractivity contribution in [3.05, 3.63) is 78.6 Å². The highest BCUT2D eigenvalue weighted by Gasteiger charge is 2.07. The summed E-state index contributed by atoms with van der Waals surface area (Å²) in [5.74, 6) is 0. The number of rotatable bonds is 4. The third kappa shape index (κ3) is 2.57. The fraction of sp³-hybridized carbons (Fsp3) is 0.133. The molecule has 1 heteroatoms. The Morgan fingerprint density at radius 1 is 1.00 bits per heavy atom. The number of nitrogens with zero attached hydrogens (tertiary/aromatic N) is 1. The van der Waals surface area contributed by atoms with Crippen LogP contribution in [0.5, 0.6) is 0 Å². The first-order valence-corrected chi connectivity index (χ1v) is 5.52. The molecule has 0 atom stereocenters. The molecular formula is C15H16N+. The third-order valence-electron chi connectivity index (χ3n) is 2.58. The summed E-state index contributed by atoms with van der Waals surface area (Å²) in [4.78, 5) is 0. The molecule has 0 N–H and O–H groups in total. The maximum Gasteiger partial charge on any atom is 0.185 e. The first-order valence-electron chi connectivity index (χ1n) is 5.52. The number of hydrogen-bond acceptors (Lipinski definition) is 0. The smallest absolute Gasteiger partial charge is 0.185 e. The molecule has 2 aromatic rings. The molecule has 0 amide bonds. The average molecular weight is 210 g/mol. The lowest BCUT2D eigenvalue weighted by atomic mass is 10.2. The third-order valence-corrected chi connectivity index (χ3v) is 2.58. The Labute approximate surface area is 96.7 Å². The number of hydrogen-bond donors (Lipinski definition) is 0. The minimum Gasteiger partial charge on any atom is -0.198 e. The van der Waals surface area contributed by atoms with E-state index >= 15 is 0 Å². The molecule has 0 aliphatic heterocycles. The van der Waals surface area contributed by atoms with E-state index in [-0.39, 0.29) is 0 Å². The van der Waals surface area contributed by atoms with Gasteiger partial charge in [0.25, 0.3) is 0 Å². The molecule has 0 unspecified atom stereocenters. The van der Waals surface area contributed by atoms with E-state index in [1.165, 1.54) is 11.3 Å². The Kier molecular flexibility index (Phi) is 3.50. The van der Waals surface area contributed by atoms with Crippen LogP contribution in [-0.4, -0.2) is 0 Å². The van der Waals surface area contributed by atoms with E-state index in [2.05, 4.69) is 59.8 Å². The van der Waals surface area contributed by atoms with Gasteiger partial charge < -0.3 is 0 Å². The second-order valence-electron chi connectivity index (χ2n) is 3.80. The standard InChI is InChI=1S/C15H16N/c1-2-8-15-11-6-7-12-16(15)13-14-9-4-3-5-10-14/h2-7,9-12H,1,8,13H2/q+1. The van der Waals surface area contributed by atoms with Gasteiger partial charge in [0.15, 0.2) is 18.4 Å². The number of allylic oxidation sites excluding steroid dienone is 1. The number of pyridine rings is 1. The molecule has 1 aromatic carbocycles. The van der Waals surface area contributed by atoms with Gasteiger partial charge in [-0.1, -0.05) is 42.5 Å².